The first-order valence-electron chi connectivity index (χ1n) is 11.2. The number of esters is 3. The molecule has 2 aliphatic carbocycles. The van der Waals surface area contributed by atoms with E-state index in [-0.39, 0.29) is 30.3 Å². The van der Waals surface area contributed by atoms with E-state index in [9.17, 15) is 19.5 Å². The summed E-state index contributed by atoms with van der Waals surface area (Å²) in [7, 11) is 0. The molecule has 0 aromatic heterocycles. The molecule has 1 saturated carbocycles. The Bertz CT molecular complexity index is 896. The molecule has 0 radical (unpaired) electrons. The van der Waals surface area contributed by atoms with E-state index in [1.807, 2.05) is 27.7 Å². The monoisotopic (exact) mass is 446 g/mol. The van der Waals surface area contributed by atoms with Crippen molar-refractivity contribution in [2.45, 2.75) is 85.2 Å². The Morgan fingerprint density at radius 1 is 1.34 bits per heavy atom. The molecule has 3 aliphatic rings. The fraction of sp³-hybridized carbons (Fsp3) is 0.640. The van der Waals surface area contributed by atoms with Gasteiger partial charge >= 0.3 is 17.9 Å². The van der Waals surface area contributed by atoms with E-state index in [1.165, 1.54) is 0 Å². The number of allylic oxidation sites excluding steroid dienone is 1. The standard InChI is InChI=1S/C25H34O7/c1-8-13(4)23(28)32-22-20-15(6)24(29)31-17(20)11-25(7)18(26)10-16(14(5)21(22)25)30-19(27)9-12(2)3/h8,12,16-18,20,22,26H,6,9-11H2,1-5,7H3. The highest BCUT2D eigenvalue weighted by atomic mass is 16.6. The van der Waals surface area contributed by atoms with E-state index < -0.39 is 47.7 Å². The molecule has 7 nitrogen and oxygen atoms in total. The molecule has 0 aromatic carbocycles. The van der Waals surface area contributed by atoms with Gasteiger partial charge in [0.2, 0.25) is 0 Å². The maximum Gasteiger partial charge on any atom is 0.334 e. The van der Waals surface area contributed by atoms with Crippen LogP contribution in [0.1, 0.15) is 60.8 Å². The van der Waals surface area contributed by atoms with Gasteiger partial charge in [-0.2, -0.15) is 0 Å². The van der Waals surface area contributed by atoms with Crippen molar-refractivity contribution in [3.8, 4) is 0 Å². The van der Waals surface area contributed by atoms with Gasteiger partial charge in [-0.25, -0.2) is 9.59 Å². The molecule has 3 rings (SSSR count). The van der Waals surface area contributed by atoms with Crippen molar-refractivity contribution in [2.75, 3.05) is 0 Å². The van der Waals surface area contributed by atoms with E-state index in [1.54, 1.807) is 19.9 Å². The van der Waals surface area contributed by atoms with Crippen LogP contribution >= 0.6 is 0 Å². The van der Waals surface area contributed by atoms with Crippen LogP contribution in [0.15, 0.2) is 34.9 Å². The maximum atomic E-state index is 12.8. The largest absolute Gasteiger partial charge is 0.458 e. The Kier molecular flexibility index (Phi) is 6.70. The first-order chi connectivity index (χ1) is 14.9. The average Bonchev–Trinajstić information content (AvgIpc) is 2.97. The van der Waals surface area contributed by atoms with Crippen molar-refractivity contribution in [3.05, 3.63) is 34.9 Å². The Morgan fingerprint density at radius 2 is 2.00 bits per heavy atom. The van der Waals surface area contributed by atoms with Gasteiger partial charge in [0.05, 0.1) is 12.0 Å². The van der Waals surface area contributed by atoms with Gasteiger partial charge in [-0.15, -0.1) is 0 Å². The first kappa shape index (κ1) is 24.2. The second-order valence-electron chi connectivity index (χ2n) is 9.84. The number of ether oxygens (including phenoxy) is 3. The van der Waals surface area contributed by atoms with Crippen molar-refractivity contribution in [2.24, 2.45) is 17.3 Å². The van der Waals surface area contributed by atoms with Gasteiger partial charge in [0.25, 0.3) is 0 Å². The van der Waals surface area contributed by atoms with Gasteiger partial charge in [-0.1, -0.05) is 33.4 Å². The molecular weight excluding hydrogens is 412 g/mol. The fourth-order valence-corrected chi connectivity index (χ4v) is 5.16. The van der Waals surface area contributed by atoms with Crippen molar-refractivity contribution < 1.29 is 33.7 Å². The molecule has 0 spiro atoms. The lowest BCUT2D eigenvalue weighted by Crippen LogP contribution is -2.55. The lowest BCUT2D eigenvalue weighted by Gasteiger charge is -2.52. The number of aliphatic hydroxyl groups is 1. The molecular formula is C25H34O7. The molecule has 176 valence electrons. The van der Waals surface area contributed by atoms with E-state index in [2.05, 4.69) is 6.58 Å². The van der Waals surface area contributed by atoms with Crippen molar-refractivity contribution >= 4 is 17.9 Å². The van der Waals surface area contributed by atoms with E-state index >= 15 is 0 Å². The highest BCUT2D eigenvalue weighted by Gasteiger charge is 2.60. The second kappa shape index (κ2) is 8.85. The van der Waals surface area contributed by atoms with E-state index in [0.29, 0.717) is 17.6 Å². The summed E-state index contributed by atoms with van der Waals surface area (Å²) in [4.78, 5) is 37.5. The minimum atomic E-state index is -0.865. The molecule has 1 aliphatic heterocycles. The summed E-state index contributed by atoms with van der Waals surface area (Å²) in [5.74, 6) is -1.77. The molecule has 7 heteroatoms. The van der Waals surface area contributed by atoms with Crippen LogP contribution in [0, 0.1) is 17.3 Å². The summed E-state index contributed by atoms with van der Waals surface area (Å²) < 4.78 is 17.2. The average molecular weight is 447 g/mol. The zero-order valence-electron chi connectivity index (χ0n) is 19.8. The molecule has 6 unspecified atom stereocenters. The number of rotatable bonds is 5. The summed E-state index contributed by atoms with van der Waals surface area (Å²) in [5.41, 5.74) is 1.32. The Hall–Kier alpha value is -2.41. The molecule has 1 saturated heterocycles. The van der Waals surface area contributed by atoms with Crippen molar-refractivity contribution in [3.63, 3.8) is 0 Å². The third-order valence-corrected chi connectivity index (χ3v) is 7.09. The minimum absolute atomic E-state index is 0.146. The number of fused-ring (bicyclic) bond motifs is 2. The number of carbonyl (C=O) groups excluding carboxylic acids is 3. The lowest BCUT2D eigenvalue weighted by atomic mass is 9.57. The first-order valence-corrected chi connectivity index (χ1v) is 11.2. The maximum absolute atomic E-state index is 12.8. The highest BCUT2D eigenvalue weighted by molar-refractivity contribution is 5.92. The molecule has 1 heterocycles. The van der Waals surface area contributed by atoms with Crippen molar-refractivity contribution in [1.29, 1.82) is 0 Å². The summed E-state index contributed by atoms with van der Waals surface area (Å²) in [6.45, 7) is 14.9. The van der Waals surface area contributed by atoms with Gasteiger partial charge < -0.3 is 19.3 Å². The molecule has 0 amide bonds. The third kappa shape index (κ3) is 4.15. The predicted molar refractivity (Wildman–Crippen MR) is 117 cm³/mol. The summed E-state index contributed by atoms with van der Waals surface area (Å²) in [6.07, 6.45) is -0.357. The van der Waals surface area contributed by atoms with Gasteiger partial charge in [0.1, 0.15) is 18.3 Å². The Balaban J connectivity index is 2.07. The zero-order chi connectivity index (χ0) is 24.0. The number of aliphatic hydroxyl groups excluding tert-OH is 1. The van der Waals surface area contributed by atoms with Gasteiger partial charge in [0.15, 0.2) is 0 Å². The smallest absolute Gasteiger partial charge is 0.334 e. The van der Waals surface area contributed by atoms with Crippen LogP contribution in [0.5, 0.6) is 0 Å². The van der Waals surface area contributed by atoms with Crippen LogP contribution in [0.25, 0.3) is 0 Å². The molecule has 32 heavy (non-hydrogen) atoms. The number of carbonyl (C=O) groups is 3. The lowest BCUT2D eigenvalue weighted by molar-refractivity contribution is -0.160. The molecule has 0 aromatic rings. The number of hydrogen-bond acceptors (Lipinski definition) is 7. The third-order valence-electron chi connectivity index (χ3n) is 7.09. The van der Waals surface area contributed by atoms with Gasteiger partial charge in [-0.3, -0.25) is 4.79 Å². The SMILES string of the molecule is C=C1C(=O)OC2CC3(C)C(=C(C)C(OC(=O)CC(C)C)CC3O)C(OC(=O)C(C)=CC)C12. The predicted octanol–water partition coefficient (Wildman–Crippen LogP) is 3.41. The van der Waals surface area contributed by atoms with Crippen LogP contribution in [0.3, 0.4) is 0 Å². The molecule has 1 N–H and O–H groups in total. The normalized spacial score (nSPS) is 34.8. The quantitative estimate of drug-likeness (QED) is 0.299. The van der Waals surface area contributed by atoms with Crippen LogP contribution in [0.4, 0.5) is 0 Å². The fourth-order valence-electron chi connectivity index (χ4n) is 5.16. The molecule has 2 fully saturated rings. The molecule has 6 atom stereocenters. The van der Waals surface area contributed by atoms with Crippen LogP contribution in [-0.4, -0.2) is 47.4 Å². The topological polar surface area (TPSA) is 99.1 Å². The van der Waals surface area contributed by atoms with Crippen molar-refractivity contribution in [1.82, 2.24) is 0 Å². The molecule has 0 bridgehead atoms. The zero-order valence-corrected chi connectivity index (χ0v) is 19.8. The van der Waals surface area contributed by atoms with Gasteiger partial charge in [-0.05, 0) is 44.3 Å². The second-order valence-corrected chi connectivity index (χ2v) is 9.84. The van der Waals surface area contributed by atoms with Crippen LogP contribution < -0.4 is 0 Å². The highest BCUT2D eigenvalue weighted by Crippen LogP contribution is 2.56. The summed E-state index contributed by atoms with van der Waals surface area (Å²) in [6, 6.07) is 0. The number of hydrogen-bond donors (Lipinski definition) is 1. The Labute approximate surface area is 189 Å². The van der Waals surface area contributed by atoms with Crippen LogP contribution in [0.2, 0.25) is 0 Å². The van der Waals surface area contributed by atoms with Gasteiger partial charge in [0, 0.05) is 29.4 Å². The Morgan fingerprint density at radius 3 is 2.59 bits per heavy atom. The summed E-state index contributed by atoms with van der Waals surface area (Å²) >= 11 is 0. The van der Waals surface area contributed by atoms with E-state index in [4.69, 9.17) is 14.2 Å². The summed E-state index contributed by atoms with van der Waals surface area (Å²) in [5, 5.41) is 11.2. The van der Waals surface area contributed by atoms with Crippen LogP contribution in [-0.2, 0) is 28.6 Å². The minimum Gasteiger partial charge on any atom is -0.458 e. The van der Waals surface area contributed by atoms with E-state index in [0.717, 1.165) is 5.57 Å².